The van der Waals surface area contributed by atoms with Crippen molar-refractivity contribution in [3.8, 4) is 5.75 Å². The summed E-state index contributed by atoms with van der Waals surface area (Å²) in [4.78, 5) is 17.5. The molecule has 3 aliphatic carbocycles. The van der Waals surface area contributed by atoms with Gasteiger partial charge in [-0.25, -0.2) is 0 Å². The van der Waals surface area contributed by atoms with E-state index >= 15 is 0 Å². The number of aryl methyl sites for hydroxylation is 1. The molecule has 0 saturated heterocycles. The fourth-order valence-corrected chi connectivity index (χ4v) is 7.47. The topological polar surface area (TPSA) is 71.5 Å². The molecule has 5 nitrogen and oxygen atoms in total. The number of hydrogen-bond donors (Lipinski definition) is 2. The summed E-state index contributed by atoms with van der Waals surface area (Å²) in [5, 5.41) is 14.4. The molecule has 2 N–H and O–H groups in total. The third-order valence-corrected chi connectivity index (χ3v) is 9.46. The molecule has 3 aliphatic rings. The smallest absolute Gasteiger partial charge is 0.226 e. The summed E-state index contributed by atoms with van der Waals surface area (Å²) in [6, 6.07) is 22.6. The molecule has 6 atom stereocenters. The number of fused-ring (bicyclic) bond motifs is 5. The number of aliphatic hydroxyl groups excluding tert-OH is 1. The number of carbonyl (C=O) groups excluding carboxylic acids is 1. The molecular weight excluding hydrogens is 460 g/mol. The molecule has 1 heterocycles. The summed E-state index contributed by atoms with van der Waals surface area (Å²) in [5.41, 5.74) is 4.65. The van der Waals surface area contributed by atoms with Crippen LogP contribution in [-0.2, 0) is 24.4 Å². The Kier molecular flexibility index (Phi) is 6.49. The van der Waals surface area contributed by atoms with Gasteiger partial charge >= 0.3 is 0 Å². The zero-order valence-corrected chi connectivity index (χ0v) is 21.5. The molecule has 37 heavy (non-hydrogen) atoms. The van der Waals surface area contributed by atoms with Crippen molar-refractivity contribution in [1.29, 1.82) is 0 Å². The first kappa shape index (κ1) is 24.2. The van der Waals surface area contributed by atoms with E-state index < -0.39 is 6.10 Å². The monoisotopic (exact) mass is 496 g/mol. The van der Waals surface area contributed by atoms with Crippen molar-refractivity contribution in [2.24, 2.45) is 23.2 Å². The average molecular weight is 497 g/mol. The minimum atomic E-state index is -0.600. The van der Waals surface area contributed by atoms with E-state index in [1.807, 2.05) is 36.4 Å². The van der Waals surface area contributed by atoms with Crippen LogP contribution in [0.4, 0.5) is 0 Å². The number of ether oxygens (including phenoxy) is 1. The van der Waals surface area contributed by atoms with Crippen LogP contribution in [0.2, 0.25) is 0 Å². The van der Waals surface area contributed by atoms with Gasteiger partial charge in [0.25, 0.3) is 0 Å². The van der Waals surface area contributed by atoms with Gasteiger partial charge in [0.15, 0.2) is 0 Å². The van der Waals surface area contributed by atoms with E-state index in [9.17, 15) is 9.90 Å². The second-order valence-electron chi connectivity index (χ2n) is 11.4. The number of rotatable bonds is 6. The number of amides is 1. The van der Waals surface area contributed by atoms with E-state index in [1.165, 1.54) is 16.7 Å². The molecular formula is C32H36N2O3. The number of aromatic nitrogens is 1. The Bertz CT molecular complexity index is 1250. The first-order chi connectivity index (χ1) is 18.0. The standard InChI is InChI=1S/C32H36N2O3/c1-32-15-14-26-25-13-11-24(37-20-21-7-3-2-4-8-21)17-22(25)10-12-27(26)29(32)18-28(30(32)35)31(36)34-19-23-9-5-6-16-33-23/h2-9,11,13,16-17,26-30,35H,10,12,14-15,18-20H2,1H3,(H,34,36)/t26?,27?,28?,29?,30-,32-/m0/s1. The van der Waals surface area contributed by atoms with Gasteiger partial charge in [-0.05, 0) is 96.2 Å². The normalized spacial score (nSPS) is 30.1. The summed E-state index contributed by atoms with van der Waals surface area (Å²) in [6.45, 7) is 3.20. The van der Waals surface area contributed by atoms with Gasteiger partial charge < -0.3 is 15.2 Å². The summed E-state index contributed by atoms with van der Waals surface area (Å²) in [5.74, 6) is 1.89. The fourth-order valence-electron chi connectivity index (χ4n) is 7.47. The van der Waals surface area contributed by atoms with E-state index in [0.29, 0.717) is 30.9 Å². The Hall–Kier alpha value is -3.18. The predicted molar refractivity (Wildman–Crippen MR) is 143 cm³/mol. The first-order valence-electron chi connectivity index (χ1n) is 13.7. The molecule has 1 amide bonds. The highest BCUT2D eigenvalue weighted by molar-refractivity contribution is 5.79. The maximum atomic E-state index is 13.2. The molecule has 0 radical (unpaired) electrons. The number of hydrogen-bond acceptors (Lipinski definition) is 4. The third kappa shape index (κ3) is 4.54. The molecule has 192 valence electrons. The van der Waals surface area contributed by atoms with Crippen molar-refractivity contribution in [2.75, 3.05) is 0 Å². The predicted octanol–water partition coefficient (Wildman–Crippen LogP) is 5.42. The van der Waals surface area contributed by atoms with Crippen LogP contribution >= 0.6 is 0 Å². The van der Waals surface area contributed by atoms with Gasteiger partial charge in [-0.2, -0.15) is 0 Å². The van der Waals surface area contributed by atoms with Crippen LogP contribution in [0.15, 0.2) is 72.9 Å². The van der Waals surface area contributed by atoms with Crippen LogP contribution in [0.25, 0.3) is 0 Å². The van der Waals surface area contributed by atoms with Gasteiger partial charge in [0.1, 0.15) is 12.4 Å². The number of benzene rings is 2. The van der Waals surface area contributed by atoms with Crippen LogP contribution in [-0.4, -0.2) is 22.1 Å². The number of carbonyl (C=O) groups is 1. The maximum Gasteiger partial charge on any atom is 0.226 e. The van der Waals surface area contributed by atoms with Gasteiger partial charge in [-0.15, -0.1) is 0 Å². The SMILES string of the molecule is C[C@]12CCC3c4ccc(OCc5ccccc5)cc4CCC3C1CC(C(=O)NCc1ccccn1)[C@@H]2O. The van der Waals surface area contributed by atoms with E-state index in [0.717, 1.165) is 43.5 Å². The molecule has 0 spiro atoms. The van der Waals surface area contributed by atoms with E-state index in [4.69, 9.17) is 4.74 Å². The molecule has 3 aromatic rings. The minimum Gasteiger partial charge on any atom is -0.489 e. The summed E-state index contributed by atoms with van der Waals surface area (Å²) in [6.07, 6.45) is 6.05. The zero-order chi connectivity index (χ0) is 25.4. The minimum absolute atomic E-state index is 0.0401. The van der Waals surface area contributed by atoms with Crippen LogP contribution < -0.4 is 10.1 Å². The lowest BCUT2D eigenvalue weighted by atomic mass is 9.55. The molecule has 4 unspecified atom stereocenters. The van der Waals surface area contributed by atoms with Crippen molar-refractivity contribution < 1.29 is 14.6 Å². The molecule has 6 rings (SSSR count). The zero-order valence-electron chi connectivity index (χ0n) is 21.5. The molecule has 2 aromatic carbocycles. The van der Waals surface area contributed by atoms with Crippen molar-refractivity contribution in [3.63, 3.8) is 0 Å². The molecule has 0 aliphatic heterocycles. The summed E-state index contributed by atoms with van der Waals surface area (Å²) >= 11 is 0. The number of nitrogens with one attached hydrogen (secondary N) is 1. The lowest BCUT2D eigenvalue weighted by Crippen LogP contribution is -2.45. The fraction of sp³-hybridized carbons (Fsp3) is 0.438. The van der Waals surface area contributed by atoms with E-state index in [-0.39, 0.29) is 17.2 Å². The van der Waals surface area contributed by atoms with Gasteiger partial charge in [-0.1, -0.05) is 49.4 Å². The van der Waals surface area contributed by atoms with Gasteiger partial charge in [-0.3, -0.25) is 9.78 Å². The van der Waals surface area contributed by atoms with Gasteiger partial charge in [0.2, 0.25) is 5.91 Å². The van der Waals surface area contributed by atoms with Crippen LogP contribution in [0.1, 0.15) is 60.9 Å². The Labute approximate surface area is 219 Å². The van der Waals surface area contributed by atoms with Crippen LogP contribution in [0, 0.1) is 23.2 Å². The second kappa shape index (κ2) is 9.94. The molecule has 1 aromatic heterocycles. The Morgan fingerprint density at radius 3 is 2.76 bits per heavy atom. The van der Waals surface area contributed by atoms with Crippen molar-refractivity contribution in [3.05, 3.63) is 95.3 Å². The summed E-state index contributed by atoms with van der Waals surface area (Å²) in [7, 11) is 0. The maximum absolute atomic E-state index is 13.2. The molecule has 2 fully saturated rings. The molecule has 0 bridgehead atoms. The number of nitrogens with zero attached hydrogens (tertiary/aromatic N) is 1. The quantitative estimate of drug-likeness (QED) is 0.478. The highest BCUT2D eigenvalue weighted by Crippen LogP contribution is 2.62. The van der Waals surface area contributed by atoms with Crippen molar-refractivity contribution in [1.82, 2.24) is 10.3 Å². The van der Waals surface area contributed by atoms with E-state index in [1.54, 1.807) is 6.20 Å². The van der Waals surface area contributed by atoms with Crippen molar-refractivity contribution >= 4 is 5.91 Å². The first-order valence-corrected chi connectivity index (χ1v) is 13.7. The Morgan fingerprint density at radius 2 is 1.95 bits per heavy atom. The lowest BCUT2D eigenvalue weighted by molar-refractivity contribution is -0.129. The number of pyridine rings is 1. The highest BCUT2D eigenvalue weighted by Gasteiger charge is 2.59. The van der Waals surface area contributed by atoms with Crippen LogP contribution in [0.5, 0.6) is 5.75 Å². The number of aliphatic hydroxyl groups is 1. The van der Waals surface area contributed by atoms with Gasteiger partial charge in [0, 0.05) is 6.20 Å². The second-order valence-corrected chi connectivity index (χ2v) is 11.4. The van der Waals surface area contributed by atoms with E-state index in [2.05, 4.69) is 47.6 Å². The third-order valence-electron chi connectivity index (χ3n) is 9.46. The summed E-state index contributed by atoms with van der Waals surface area (Å²) < 4.78 is 6.11. The average Bonchev–Trinajstić information content (AvgIpc) is 3.22. The highest BCUT2D eigenvalue weighted by atomic mass is 16.5. The molecule has 2 saturated carbocycles. The Morgan fingerprint density at radius 1 is 1.11 bits per heavy atom. The Balaban J connectivity index is 1.15. The molecule has 5 heteroatoms. The van der Waals surface area contributed by atoms with Crippen molar-refractivity contribution in [2.45, 2.75) is 64.2 Å². The lowest BCUT2D eigenvalue weighted by Gasteiger charge is -2.50. The largest absolute Gasteiger partial charge is 0.489 e. The van der Waals surface area contributed by atoms with Gasteiger partial charge in [0.05, 0.1) is 24.3 Å². The van der Waals surface area contributed by atoms with Crippen LogP contribution in [0.3, 0.4) is 0 Å².